The molecule has 4 nitrogen and oxygen atoms in total. The van der Waals surface area contributed by atoms with Crippen LogP contribution in [0.15, 0.2) is 21.1 Å². The van der Waals surface area contributed by atoms with E-state index in [2.05, 4.69) is 21.1 Å². The van der Waals surface area contributed by atoms with Gasteiger partial charge in [-0.3, -0.25) is 0 Å². The second kappa shape index (κ2) is 3.77. The fraction of sp³-hybridized carbons (Fsp3) is 0.250. The molecule has 0 aliphatic carbocycles. The Kier molecular flexibility index (Phi) is 2.36. The topological polar surface area (TPSA) is 44.5 Å². The minimum Gasteiger partial charge on any atom is -0.454 e. The summed E-state index contributed by atoms with van der Waals surface area (Å²) < 4.78 is 16.8. The number of rotatable bonds is 1. The van der Waals surface area contributed by atoms with Gasteiger partial charge in [-0.05, 0) is 26.0 Å². The van der Waals surface area contributed by atoms with Crippen LogP contribution < -0.4 is 9.47 Å². The van der Waals surface area contributed by atoms with Crippen molar-refractivity contribution in [3.63, 3.8) is 0 Å². The lowest BCUT2D eigenvalue weighted by Crippen LogP contribution is -1.92. The third kappa shape index (κ3) is 1.61. The maximum Gasteiger partial charge on any atom is 0.231 e. The van der Waals surface area contributed by atoms with E-state index in [1.807, 2.05) is 26.0 Å². The number of benzene rings is 1. The number of aryl methyl sites for hydroxylation is 2. The lowest BCUT2D eigenvalue weighted by molar-refractivity contribution is 0.174. The van der Waals surface area contributed by atoms with Crippen LogP contribution in [-0.4, -0.2) is 11.9 Å². The Hall–Kier alpha value is -1.49. The monoisotopic (exact) mass is 295 g/mol. The van der Waals surface area contributed by atoms with Gasteiger partial charge in [-0.2, -0.15) is 0 Å². The molecule has 5 heteroatoms. The average Bonchev–Trinajstić information content (AvgIpc) is 2.85. The van der Waals surface area contributed by atoms with Gasteiger partial charge in [0, 0.05) is 15.6 Å². The van der Waals surface area contributed by atoms with E-state index in [4.69, 9.17) is 14.0 Å². The largest absolute Gasteiger partial charge is 0.454 e. The highest BCUT2D eigenvalue weighted by Gasteiger charge is 2.20. The molecule has 0 fully saturated rings. The van der Waals surface area contributed by atoms with Crippen molar-refractivity contribution in [3.8, 4) is 22.6 Å². The summed E-state index contributed by atoms with van der Waals surface area (Å²) in [5.74, 6) is 2.30. The van der Waals surface area contributed by atoms with Crippen LogP contribution in [0.25, 0.3) is 11.1 Å². The van der Waals surface area contributed by atoms with Crippen molar-refractivity contribution in [1.29, 1.82) is 0 Å². The molecule has 0 amide bonds. The molecule has 0 spiro atoms. The molecule has 1 aliphatic heterocycles. The Morgan fingerprint density at radius 2 is 1.88 bits per heavy atom. The van der Waals surface area contributed by atoms with Gasteiger partial charge in [0.1, 0.15) is 5.76 Å². The predicted molar refractivity (Wildman–Crippen MR) is 65.2 cm³/mol. The summed E-state index contributed by atoms with van der Waals surface area (Å²) in [6, 6.07) is 3.85. The number of hydrogen-bond donors (Lipinski definition) is 0. The van der Waals surface area contributed by atoms with E-state index in [1.165, 1.54) is 0 Å². The molecule has 2 aromatic rings. The van der Waals surface area contributed by atoms with Gasteiger partial charge >= 0.3 is 0 Å². The average molecular weight is 296 g/mol. The predicted octanol–water partition coefficient (Wildman–Crippen LogP) is 3.45. The molecule has 1 aliphatic rings. The van der Waals surface area contributed by atoms with Crippen LogP contribution in [0, 0.1) is 13.8 Å². The van der Waals surface area contributed by atoms with Gasteiger partial charge in [0.2, 0.25) is 6.79 Å². The minimum absolute atomic E-state index is 0.271. The van der Waals surface area contributed by atoms with Crippen LogP contribution >= 0.6 is 15.9 Å². The Balaban J connectivity index is 2.22. The number of halogens is 1. The third-order valence-corrected chi connectivity index (χ3v) is 3.42. The van der Waals surface area contributed by atoms with E-state index in [0.29, 0.717) is 0 Å². The standard InChI is InChI=1S/C12H10BrNO3/c1-6-12(7(2)17-14-6)8-3-10-11(4-9(8)13)16-5-15-10/h3-4H,5H2,1-2H3. The quantitative estimate of drug-likeness (QED) is 0.808. The van der Waals surface area contributed by atoms with Crippen molar-refractivity contribution >= 4 is 15.9 Å². The van der Waals surface area contributed by atoms with E-state index in [-0.39, 0.29) is 6.79 Å². The molecule has 3 rings (SSSR count). The lowest BCUT2D eigenvalue weighted by Gasteiger charge is -2.05. The summed E-state index contributed by atoms with van der Waals surface area (Å²) in [5, 5.41) is 3.96. The highest BCUT2D eigenvalue weighted by Crippen LogP contribution is 2.42. The number of hydrogen-bond acceptors (Lipinski definition) is 4. The van der Waals surface area contributed by atoms with Gasteiger partial charge in [0.25, 0.3) is 0 Å². The van der Waals surface area contributed by atoms with Crippen molar-refractivity contribution < 1.29 is 14.0 Å². The van der Waals surface area contributed by atoms with Crippen LogP contribution in [0.1, 0.15) is 11.5 Å². The number of fused-ring (bicyclic) bond motifs is 1. The third-order valence-electron chi connectivity index (χ3n) is 2.76. The highest BCUT2D eigenvalue weighted by atomic mass is 79.9. The molecule has 0 saturated heterocycles. The van der Waals surface area contributed by atoms with Crippen molar-refractivity contribution in [3.05, 3.63) is 28.1 Å². The molecule has 0 unspecified atom stereocenters. The van der Waals surface area contributed by atoms with Crippen LogP contribution in [0.5, 0.6) is 11.5 Å². The molecular weight excluding hydrogens is 286 g/mol. The van der Waals surface area contributed by atoms with E-state index >= 15 is 0 Å². The number of aromatic nitrogens is 1. The van der Waals surface area contributed by atoms with Gasteiger partial charge < -0.3 is 14.0 Å². The first kappa shape index (κ1) is 10.7. The zero-order chi connectivity index (χ0) is 12.0. The van der Waals surface area contributed by atoms with Crippen LogP contribution in [0.2, 0.25) is 0 Å². The van der Waals surface area contributed by atoms with Crippen molar-refractivity contribution in [1.82, 2.24) is 5.16 Å². The summed E-state index contributed by atoms with van der Waals surface area (Å²) >= 11 is 3.53. The van der Waals surface area contributed by atoms with E-state index in [0.717, 1.165) is 38.6 Å². The molecule has 0 atom stereocenters. The van der Waals surface area contributed by atoms with Crippen molar-refractivity contribution in [2.24, 2.45) is 0 Å². The van der Waals surface area contributed by atoms with Crippen LogP contribution in [-0.2, 0) is 0 Å². The molecule has 0 bridgehead atoms. The first-order valence-electron chi connectivity index (χ1n) is 5.19. The van der Waals surface area contributed by atoms with Crippen molar-refractivity contribution in [2.75, 3.05) is 6.79 Å². The number of nitrogens with zero attached hydrogens (tertiary/aromatic N) is 1. The van der Waals surface area contributed by atoms with Gasteiger partial charge in [-0.1, -0.05) is 21.1 Å². The molecule has 2 heterocycles. The Morgan fingerprint density at radius 3 is 2.53 bits per heavy atom. The fourth-order valence-corrected chi connectivity index (χ4v) is 2.50. The van der Waals surface area contributed by atoms with E-state index in [9.17, 15) is 0 Å². The highest BCUT2D eigenvalue weighted by molar-refractivity contribution is 9.10. The Labute approximate surface area is 107 Å². The molecule has 1 aromatic carbocycles. The van der Waals surface area contributed by atoms with Gasteiger partial charge in [0.15, 0.2) is 11.5 Å². The molecule has 1 aromatic heterocycles. The Morgan fingerprint density at radius 1 is 1.18 bits per heavy atom. The summed E-state index contributed by atoms with van der Waals surface area (Å²) in [4.78, 5) is 0. The van der Waals surface area contributed by atoms with Gasteiger partial charge in [-0.15, -0.1) is 0 Å². The molecule has 88 valence electrons. The minimum atomic E-state index is 0.271. The summed E-state index contributed by atoms with van der Waals surface area (Å²) in [5.41, 5.74) is 2.86. The van der Waals surface area contributed by atoms with Crippen molar-refractivity contribution in [2.45, 2.75) is 13.8 Å². The first-order valence-corrected chi connectivity index (χ1v) is 5.98. The SMILES string of the molecule is Cc1noc(C)c1-c1cc2c(cc1Br)OCO2. The molecule has 17 heavy (non-hydrogen) atoms. The first-order chi connectivity index (χ1) is 8.16. The normalized spacial score (nSPS) is 13.1. The molecule has 0 radical (unpaired) electrons. The summed E-state index contributed by atoms with van der Waals surface area (Å²) in [6.45, 7) is 4.09. The van der Waals surface area contributed by atoms with E-state index in [1.54, 1.807) is 0 Å². The lowest BCUT2D eigenvalue weighted by atomic mass is 10.0. The Bertz CT molecular complexity index is 572. The van der Waals surface area contributed by atoms with Gasteiger partial charge in [-0.25, -0.2) is 0 Å². The van der Waals surface area contributed by atoms with Crippen LogP contribution in [0.3, 0.4) is 0 Å². The molecule has 0 saturated carbocycles. The maximum atomic E-state index is 5.38. The number of ether oxygens (including phenoxy) is 2. The zero-order valence-electron chi connectivity index (χ0n) is 9.41. The second-order valence-corrected chi connectivity index (χ2v) is 4.74. The zero-order valence-corrected chi connectivity index (χ0v) is 11.0. The fourth-order valence-electron chi connectivity index (χ4n) is 1.98. The smallest absolute Gasteiger partial charge is 0.231 e. The van der Waals surface area contributed by atoms with Gasteiger partial charge in [0.05, 0.1) is 5.69 Å². The van der Waals surface area contributed by atoms with E-state index < -0.39 is 0 Å². The summed E-state index contributed by atoms with van der Waals surface area (Å²) in [6.07, 6.45) is 0. The second-order valence-electron chi connectivity index (χ2n) is 3.88. The maximum absolute atomic E-state index is 5.38. The molecule has 0 N–H and O–H groups in total. The van der Waals surface area contributed by atoms with Crippen LogP contribution in [0.4, 0.5) is 0 Å². The summed E-state index contributed by atoms with van der Waals surface area (Å²) in [7, 11) is 0. The molecular formula is C12H10BrNO3.